The second kappa shape index (κ2) is 6.58. The van der Waals surface area contributed by atoms with Gasteiger partial charge in [0, 0.05) is 31.7 Å². The summed E-state index contributed by atoms with van der Waals surface area (Å²) in [6.45, 7) is 1.67. The molecule has 0 aliphatic carbocycles. The maximum absolute atomic E-state index is 12.8. The Labute approximate surface area is 151 Å². The van der Waals surface area contributed by atoms with E-state index in [0.29, 0.717) is 6.04 Å². The number of rotatable bonds is 3. The van der Waals surface area contributed by atoms with Crippen LogP contribution in [0.1, 0.15) is 21.5 Å². The van der Waals surface area contributed by atoms with Crippen molar-refractivity contribution in [1.82, 2.24) is 14.8 Å². The zero-order valence-electron chi connectivity index (χ0n) is 14.5. The van der Waals surface area contributed by atoms with Crippen LogP contribution in [-0.4, -0.2) is 47.4 Å². The van der Waals surface area contributed by atoms with E-state index in [9.17, 15) is 4.79 Å². The van der Waals surface area contributed by atoms with E-state index in [-0.39, 0.29) is 5.91 Å². The smallest absolute Gasteiger partial charge is 0.253 e. The van der Waals surface area contributed by atoms with Crippen LogP contribution in [0.15, 0.2) is 48.0 Å². The largest absolute Gasteiger partial charge is 0.340 e. The molecule has 25 heavy (non-hydrogen) atoms. The van der Waals surface area contributed by atoms with Gasteiger partial charge in [0.2, 0.25) is 0 Å². The average molecular weight is 351 g/mol. The Morgan fingerprint density at radius 2 is 2.08 bits per heavy atom. The molecule has 0 unspecified atom stereocenters. The molecule has 0 saturated carbocycles. The third-order valence-electron chi connectivity index (χ3n) is 5.03. The summed E-state index contributed by atoms with van der Waals surface area (Å²) >= 11 is 1.57. The Morgan fingerprint density at radius 1 is 1.28 bits per heavy atom. The van der Waals surface area contributed by atoms with Gasteiger partial charge in [-0.05, 0) is 42.8 Å². The van der Waals surface area contributed by atoms with Crippen LogP contribution in [0.25, 0.3) is 10.2 Å². The van der Waals surface area contributed by atoms with E-state index in [2.05, 4.69) is 41.2 Å². The van der Waals surface area contributed by atoms with Gasteiger partial charge in [0.25, 0.3) is 5.91 Å². The number of carbonyl (C=O) groups is 1. The number of nitrogens with zero attached hydrogens (tertiary/aromatic N) is 3. The Bertz CT molecular complexity index is 920. The van der Waals surface area contributed by atoms with Crippen molar-refractivity contribution in [3.8, 4) is 0 Å². The highest BCUT2D eigenvalue weighted by atomic mass is 32.1. The quantitative estimate of drug-likeness (QED) is 0.725. The van der Waals surface area contributed by atoms with Gasteiger partial charge >= 0.3 is 0 Å². The minimum Gasteiger partial charge on any atom is -0.340 e. The summed E-state index contributed by atoms with van der Waals surface area (Å²) in [5.41, 5.74) is 6.30. The lowest BCUT2D eigenvalue weighted by Crippen LogP contribution is -2.46. The van der Waals surface area contributed by atoms with E-state index < -0.39 is 0 Å². The highest BCUT2D eigenvalue weighted by Gasteiger charge is 2.25. The minimum absolute atomic E-state index is 0.0718. The standard InChI is InChI=1S/C20H21N3OS/c1-22-11-16-6-4-3-5-14(16)9-17(22)12-23(2)20(24)15-7-8-18-19(10-15)25-13-21-18/h3-8,10,13,17H,9,11-12H2,1-2H3/t17-/m0/s1. The third-order valence-corrected chi connectivity index (χ3v) is 5.82. The molecule has 0 N–H and O–H groups in total. The molecule has 1 aromatic heterocycles. The number of benzene rings is 2. The molecule has 0 saturated heterocycles. The van der Waals surface area contributed by atoms with Crippen molar-refractivity contribution in [1.29, 1.82) is 0 Å². The zero-order chi connectivity index (χ0) is 17.4. The Balaban J connectivity index is 1.49. The molecule has 0 fully saturated rings. The van der Waals surface area contributed by atoms with Gasteiger partial charge < -0.3 is 4.90 Å². The van der Waals surface area contributed by atoms with Gasteiger partial charge in [0.15, 0.2) is 0 Å². The Morgan fingerprint density at radius 3 is 2.92 bits per heavy atom. The average Bonchev–Trinajstić information content (AvgIpc) is 3.09. The Hall–Kier alpha value is -2.24. The van der Waals surface area contributed by atoms with Crippen LogP contribution >= 0.6 is 11.3 Å². The molecule has 1 atom stereocenters. The van der Waals surface area contributed by atoms with E-state index in [1.165, 1.54) is 11.1 Å². The van der Waals surface area contributed by atoms with Crippen LogP contribution in [0.5, 0.6) is 0 Å². The van der Waals surface area contributed by atoms with E-state index in [1.807, 2.05) is 35.7 Å². The van der Waals surface area contributed by atoms with E-state index in [1.54, 1.807) is 11.3 Å². The van der Waals surface area contributed by atoms with Crippen molar-refractivity contribution in [2.24, 2.45) is 0 Å². The first-order valence-electron chi connectivity index (χ1n) is 8.47. The van der Waals surface area contributed by atoms with Crippen LogP contribution in [-0.2, 0) is 13.0 Å². The van der Waals surface area contributed by atoms with Crippen molar-refractivity contribution >= 4 is 27.5 Å². The molecule has 1 aliphatic heterocycles. The van der Waals surface area contributed by atoms with Crippen LogP contribution in [0, 0.1) is 0 Å². The second-order valence-electron chi connectivity index (χ2n) is 6.76. The van der Waals surface area contributed by atoms with Crippen LogP contribution in [0.3, 0.4) is 0 Å². The molecule has 0 radical (unpaired) electrons. The van der Waals surface area contributed by atoms with E-state index in [0.717, 1.165) is 35.3 Å². The van der Waals surface area contributed by atoms with E-state index >= 15 is 0 Å². The highest BCUT2D eigenvalue weighted by Crippen LogP contribution is 2.23. The first-order valence-corrected chi connectivity index (χ1v) is 9.35. The van der Waals surface area contributed by atoms with Gasteiger partial charge in [-0.15, -0.1) is 11.3 Å². The molecule has 3 aromatic rings. The molecule has 4 nitrogen and oxygen atoms in total. The normalized spacial score (nSPS) is 17.4. The second-order valence-corrected chi connectivity index (χ2v) is 7.65. The highest BCUT2D eigenvalue weighted by molar-refractivity contribution is 7.16. The number of fused-ring (bicyclic) bond motifs is 2. The lowest BCUT2D eigenvalue weighted by atomic mass is 9.94. The summed E-state index contributed by atoms with van der Waals surface area (Å²) in [6.07, 6.45) is 0.984. The topological polar surface area (TPSA) is 36.4 Å². The minimum atomic E-state index is 0.0718. The number of amides is 1. The van der Waals surface area contributed by atoms with Crippen molar-refractivity contribution in [3.63, 3.8) is 0 Å². The summed E-state index contributed by atoms with van der Waals surface area (Å²) in [7, 11) is 4.04. The summed E-state index contributed by atoms with van der Waals surface area (Å²) in [4.78, 5) is 21.3. The van der Waals surface area contributed by atoms with Crippen LogP contribution in [0.4, 0.5) is 0 Å². The maximum atomic E-state index is 12.8. The first kappa shape index (κ1) is 16.2. The summed E-state index contributed by atoms with van der Waals surface area (Å²) < 4.78 is 1.06. The van der Waals surface area contributed by atoms with E-state index in [4.69, 9.17) is 0 Å². The van der Waals surface area contributed by atoms with Gasteiger partial charge in [-0.3, -0.25) is 9.69 Å². The molecule has 1 aliphatic rings. The number of thiazole rings is 1. The van der Waals surface area contributed by atoms with Crippen molar-refractivity contribution < 1.29 is 4.79 Å². The van der Waals surface area contributed by atoms with Gasteiger partial charge in [-0.2, -0.15) is 0 Å². The lowest BCUT2D eigenvalue weighted by molar-refractivity contribution is 0.0733. The number of likely N-dealkylation sites (N-methyl/N-ethyl adjacent to an activating group) is 2. The fraction of sp³-hybridized carbons (Fsp3) is 0.300. The SMILES string of the molecule is CN(C[C@@H]1Cc2ccccc2CN1C)C(=O)c1ccc2ncsc2c1. The number of carbonyl (C=O) groups excluding carboxylic acids is 1. The zero-order valence-corrected chi connectivity index (χ0v) is 15.3. The third kappa shape index (κ3) is 3.17. The fourth-order valence-electron chi connectivity index (χ4n) is 3.53. The van der Waals surface area contributed by atoms with Gasteiger partial charge in [-0.1, -0.05) is 24.3 Å². The predicted octanol–water partition coefficient (Wildman–Crippen LogP) is 3.43. The molecule has 2 aromatic carbocycles. The van der Waals surface area contributed by atoms with Crippen molar-refractivity contribution in [2.45, 2.75) is 19.0 Å². The van der Waals surface area contributed by atoms with Crippen molar-refractivity contribution in [3.05, 3.63) is 64.7 Å². The molecule has 4 rings (SSSR count). The molecule has 0 spiro atoms. The van der Waals surface area contributed by atoms with Gasteiger partial charge in [0.05, 0.1) is 15.7 Å². The van der Waals surface area contributed by atoms with Gasteiger partial charge in [-0.25, -0.2) is 4.98 Å². The molecular formula is C20H21N3OS. The molecule has 5 heteroatoms. The number of aromatic nitrogens is 1. The molecular weight excluding hydrogens is 330 g/mol. The lowest BCUT2D eigenvalue weighted by Gasteiger charge is -2.36. The first-order chi connectivity index (χ1) is 12.1. The maximum Gasteiger partial charge on any atom is 0.253 e. The Kier molecular flexibility index (Phi) is 4.27. The summed E-state index contributed by atoms with van der Waals surface area (Å²) in [5, 5.41) is 0. The molecule has 0 bridgehead atoms. The van der Waals surface area contributed by atoms with Crippen LogP contribution < -0.4 is 0 Å². The van der Waals surface area contributed by atoms with Crippen molar-refractivity contribution in [2.75, 3.05) is 20.6 Å². The fourth-order valence-corrected chi connectivity index (χ4v) is 4.25. The number of hydrogen-bond acceptors (Lipinski definition) is 4. The molecule has 1 amide bonds. The molecule has 128 valence electrons. The van der Waals surface area contributed by atoms with Crippen LogP contribution in [0.2, 0.25) is 0 Å². The summed E-state index contributed by atoms with van der Waals surface area (Å²) in [6, 6.07) is 14.7. The number of hydrogen-bond donors (Lipinski definition) is 0. The summed E-state index contributed by atoms with van der Waals surface area (Å²) in [5.74, 6) is 0.0718. The monoisotopic (exact) mass is 351 g/mol. The molecule has 2 heterocycles. The van der Waals surface area contributed by atoms with Gasteiger partial charge in [0.1, 0.15) is 0 Å². The predicted molar refractivity (Wildman–Crippen MR) is 102 cm³/mol.